The maximum atomic E-state index is 4.00. The molecule has 0 rings (SSSR count). The van der Waals surface area contributed by atoms with E-state index in [2.05, 4.69) is 45.5 Å². The second-order valence-electron chi connectivity index (χ2n) is 3.91. The molecule has 0 saturated carbocycles. The van der Waals surface area contributed by atoms with Gasteiger partial charge in [0.15, 0.2) is 0 Å². The highest BCUT2D eigenvalue weighted by atomic mass is 14.7. The van der Waals surface area contributed by atoms with Crippen LogP contribution in [-0.2, 0) is 0 Å². The molecule has 0 saturated heterocycles. The van der Waals surface area contributed by atoms with Gasteiger partial charge < -0.3 is 0 Å². The van der Waals surface area contributed by atoms with Crippen molar-refractivity contribution in [2.75, 3.05) is 0 Å². The summed E-state index contributed by atoms with van der Waals surface area (Å²) in [5.41, 5.74) is 1.13. The standard InChI is InChI=1S/C11H21N/c1-9(2)7-6-8-11(12-5)10(3)4/h8-10H,5-7H2,1-4H3/b11-8-. The Labute approximate surface area is 76.6 Å². The van der Waals surface area contributed by atoms with E-state index in [9.17, 15) is 0 Å². The zero-order chi connectivity index (χ0) is 9.56. The van der Waals surface area contributed by atoms with Crippen LogP contribution in [0, 0.1) is 11.8 Å². The van der Waals surface area contributed by atoms with Gasteiger partial charge in [-0.25, -0.2) is 0 Å². The van der Waals surface area contributed by atoms with Crippen LogP contribution in [0.5, 0.6) is 0 Å². The van der Waals surface area contributed by atoms with Crippen LogP contribution in [0.2, 0.25) is 0 Å². The summed E-state index contributed by atoms with van der Waals surface area (Å²) in [5.74, 6) is 1.29. The van der Waals surface area contributed by atoms with E-state index in [0.717, 1.165) is 18.0 Å². The molecule has 0 atom stereocenters. The Morgan fingerprint density at radius 2 is 1.92 bits per heavy atom. The molecule has 0 aliphatic heterocycles. The van der Waals surface area contributed by atoms with Crippen LogP contribution in [-0.4, -0.2) is 6.72 Å². The van der Waals surface area contributed by atoms with E-state index in [1.807, 2.05) is 0 Å². The zero-order valence-corrected chi connectivity index (χ0v) is 8.80. The number of aliphatic imine (C=N–C) groups is 1. The van der Waals surface area contributed by atoms with Crippen LogP contribution in [0.15, 0.2) is 16.8 Å². The Morgan fingerprint density at radius 3 is 2.25 bits per heavy atom. The van der Waals surface area contributed by atoms with E-state index in [4.69, 9.17) is 0 Å². The first kappa shape index (κ1) is 11.4. The van der Waals surface area contributed by atoms with Gasteiger partial charge in [0.05, 0.1) is 0 Å². The number of nitrogens with zero attached hydrogens (tertiary/aromatic N) is 1. The van der Waals surface area contributed by atoms with Gasteiger partial charge in [-0.05, 0) is 31.4 Å². The fraction of sp³-hybridized carbons (Fsp3) is 0.727. The Hall–Kier alpha value is -0.590. The lowest BCUT2D eigenvalue weighted by Crippen LogP contribution is -1.91. The van der Waals surface area contributed by atoms with Crippen molar-refractivity contribution in [3.8, 4) is 0 Å². The summed E-state index contributed by atoms with van der Waals surface area (Å²) in [4.78, 5) is 4.00. The Bertz CT molecular complexity index is 154. The summed E-state index contributed by atoms with van der Waals surface area (Å²) in [6.45, 7) is 12.3. The lowest BCUT2D eigenvalue weighted by molar-refractivity contribution is 0.590. The second kappa shape index (κ2) is 5.99. The number of allylic oxidation sites excluding steroid dienone is 2. The van der Waals surface area contributed by atoms with Crippen molar-refractivity contribution in [1.82, 2.24) is 0 Å². The first-order valence-corrected chi connectivity index (χ1v) is 4.74. The fourth-order valence-corrected chi connectivity index (χ4v) is 1.05. The molecule has 0 aromatic carbocycles. The number of hydrogen-bond donors (Lipinski definition) is 0. The van der Waals surface area contributed by atoms with Crippen LogP contribution in [0.4, 0.5) is 0 Å². The highest BCUT2D eigenvalue weighted by Crippen LogP contribution is 2.13. The van der Waals surface area contributed by atoms with E-state index in [1.165, 1.54) is 6.42 Å². The van der Waals surface area contributed by atoms with Crippen molar-refractivity contribution in [1.29, 1.82) is 0 Å². The summed E-state index contributed by atoms with van der Waals surface area (Å²) in [5, 5.41) is 0. The zero-order valence-electron chi connectivity index (χ0n) is 8.80. The molecular weight excluding hydrogens is 146 g/mol. The minimum atomic E-state index is 0.509. The molecule has 0 aliphatic carbocycles. The molecule has 12 heavy (non-hydrogen) atoms. The van der Waals surface area contributed by atoms with E-state index >= 15 is 0 Å². The summed E-state index contributed by atoms with van der Waals surface area (Å²) in [6.07, 6.45) is 4.58. The molecule has 0 aliphatic rings. The molecule has 0 heterocycles. The summed E-state index contributed by atoms with van der Waals surface area (Å²) < 4.78 is 0. The summed E-state index contributed by atoms with van der Waals surface area (Å²) in [7, 11) is 0. The lowest BCUT2D eigenvalue weighted by atomic mass is 10.0. The van der Waals surface area contributed by atoms with Gasteiger partial charge in [-0.1, -0.05) is 33.8 Å². The van der Waals surface area contributed by atoms with Gasteiger partial charge in [-0.15, -0.1) is 0 Å². The molecule has 0 unspecified atom stereocenters. The molecule has 0 aromatic rings. The smallest absolute Gasteiger partial charge is 0.0381 e. The summed E-state index contributed by atoms with van der Waals surface area (Å²) >= 11 is 0. The number of rotatable bonds is 5. The first-order valence-electron chi connectivity index (χ1n) is 4.74. The van der Waals surface area contributed by atoms with Gasteiger partial charge in [-0.3, -0.25) is 4.99 Å². The molecule has 0 fully saturated rings. The van der Waals surface area contributed by atoms with Crippen LogP contribution in [0.25, 0.3) is 0 Å². The molecule has 70 valence electrons. The van der Waals surface area contributed by atoms with E-state index < -0.39 is 0 Å². The molecule has 0 aromatic heterocycles. The second-order valence-corrected chi connectivity index (χ2v) is 3.91. The van der Waals surface area contributed by atoms with Crippen LogP contribution in [0.3, 0.4) is 0 Å². The van der Waals surface area contributed by atoms with E-state index in [1.54, 1.807) is 0 Å². The Morgan fingerprint density at radius 1 is 1.33 bits per heavy atom. The molecule has 0 bridgehead atoms. The first-order chi connectivity index (χ1) is 5.57. The lowest BCUT2D eigenvalue weighted by Gasteiger charge is -2.05. The van der Waals surface area contributed by atoms with Crippen molar-refractivity contribution < 1.29 is 0 Å². The van der Waals surface area contributed by atoms with Crippen molar-refractivity contribution >= 4 is 6.72 Å². The third-order valence-electron chi connectivity index (χ3n) is 1.87. The third-order valence-corrected chi connectivity index (χ3v) is 1.87. The van der Waals surface area contributed by atoms with Gasteiger partial charge in [0, 0.05) is 5.70 Å². The van der Waals surface area contributed by atoms with Gasteiger partial charge >= 0.3 is 0 Å². The Balaban J connectivity index is 3.86. The Kier molecular flexibility index (Phi) is 5.69. The maximum absolute atomic E-state index is 4.00. The molecular formula is C11H21N. The summed E-state index contributed by atoms with van der Waals surface area (Å²) in [6, 6.07) is 0. The predicted octanol–water partition coefficient (Wildman–Crippen LogP) is 3.66. The molecule has 0 spiro atoms. The monoisotopic (exact) mass is 167 g/mol. The van der Waals surface area contributed by atoms with Gasteiger partial charge in [0.1, 0.15) is 0 Å². The van der Waals surface area contributed by atoms with E-state index in [0.29, 0.717) is 5.92 Å². The highest BCUT2D eigenvalue weighted by Gasteiger charge is 1.99. The van der Waals surface area contributed by atoms with Crippen molar-refractivity contribution in [3.63, 3.8) is 0 Å². The van der Waals surface area contributed by atoms with Crippen LogP contribution < -0.4 is 0 Å². The average Bonchev–Trinajstić information content (AvgIpc) is 1.96. The third kappa shape index (κ3) is 5.11. The van der Waals surface area contributed by atoms with Crippen molar-refractivity contribution in [2.45, 2.75) is 40.5 Å². The largest absolute Gasteiger partial charge is 0.269 e. The normalized spacial score (nSPS) is 12.7. The molecule has 1 heteroatoms. The molecule has 1 nitrogen and oxygen atoms in total. The predicted molar refractivity (Wildman–Crippen MR) is 56.5 cm³/mol. The highest BCUT2D eigenvalue weighted by molar-refractivity contribution is 5.29. The topological polar surface area (TPSA) is 12.4 Å². The SMILES string of the molecule is C=N/C(=C\CCC(C)C)C(C)C. The minimum absolute atomic E-state index is 0.509. The van der Waals surface area contributed by atoms with Gasteiger partial charge in [0.25, 0.3) is 0 Å². The van der Waals surface area contributed by atoms with Crippen molar-refractivity contribution in [2.24, 2.45) is 16.8 Å². The maximum Gasteiger partial charge on any atom is 0.0381 e. The minimum Gasteiger partial charge on any atom is -0.269 e. The average molecular weight is 167 g/mol. The molecule has 0 radical (unpaired) electrons. The van der Waals surface area contributed by atoms with Gasteiger partial charge in [0.2, 0.25) is 0 Å². The van der Waals surface area contributed by atoms with Crippen LogP contribution in [0.1, 0.15) is 40.5 Å². The fourth-order valence-electron chi connectivity index (χ4n) is 1.05. The van der Waals surface area contributed by atoms with Gasteiger partial charge in [-0.2, -0.15) is 0 Å². The van der Waals surface area contributed by atoms with E-state index in [-0.39, 0.29) is 0 Å². The van der Waals surface area contributed by atoms with Crippen molar-refractivity contribution in [3.05, 3.63) is 11.8 Å². The number of hydrogen-bond acceptors (Lipinski definition) is 1. The molecule has 0 amide bonds. The molecule has 0 N–H and O–H groups in total. The van der Waals surface area contributed by atoms with Crippen LogP contribution >= 0.6 is 0 Å². The quantitative estimate of drug-likeness (QED) is 0.554.